The van der Waals surface area contributed by atoms with Crippen molar-refractivity contribution in [3.05, 3.63) is 29.8 Å². The predicted molar refractivity (Wildman–Crippen MR) is 69.6 cm³/mol. The van der Waals surface area contributed by atoms with E-state index in [1.165, 1.54) is 0 Å². The van der Waals surface area contributed by atoms with E-state index in [2.05, 4.69) is 10.6 Å². The minimum atomic E-state index is -0.347. The fraction of sp³-hybridized carbons (Fsp3) is 0.385. The summed E-state index contributed by atoms with van der Waals surface area (Å²) in [5, 5.41) is 5.24. The molecule has 0 spiro atoms. The lowest BCUT2D eigenvalue weighted by atomic mass is 10.0. The summed E-state index contributed by atoms with van der Waals surface area (Å²) in [7, 11) is 0. The number of benzene rings is 1. The molecule has 0 aromatic heterocycles. The van der Waals surface area contributed by atoms with Crippen molar-refractivity contribution in [2.45, 2.75) is 12.5 Å². The fourth-order valence-corrected chi connectivity index (χ4v) is 1.95. The second-order valence-corrected chi connectivity index (χ2v) is 4.37. The van der Waals surface area contributed by atoms with Crippen LogP contribution in [0.25, 0.3) is 0 Å². The maximum Gasteiger partial charge on any atom is 0.239 e. The molecule has 0 radical (unpaired) electrons. The summed E-state index contributed by atoms with van der Waals surface area (Å²) in [6.07, 6.45) is 0.729. The number of fused-ring (bicyclic) bond motifs is 1. The van der Waals surface area contributed by atoms with E-state index in [1.807, 2.05) is 24.3 Å². The normalized spacial score (nSPS) is 17.0. The Labute approximate surface area is 111 Å². The molecule has 0 aliphatic carbocycles. The fourth-order valence-electron chi connectivity index (χ4n) is 1.95. The standard InChI is InChI=1S/C13H17N3O3/c14-6-12(17)15-7-13(18)16-10-5-9-3-1-2-4-11(9)19-8-10/h1-4,10H,5-8,14H2,(H,15,17)(H,16,18). The number of rotatable bonds is 4. The summed E-state index contributed by atoms with van der Waals surface area (Å²) in [5.41, 5.74) is 6.21. The third-order valence-corrected chi connectivity index (χ3v) is 2.88. The van der Waals surface area contributed by atoms with Crippen LogP contribution >= 0.6 is 0 Å². The molecule has 1 aromatic carbocycles. The third kappa shape index (κ3) is 3.69. The molecular weight excluding hydrogens is 246 g/mol. The van der Waals surface area contributed by atoms with Gasteiger partial charge in [0.15, 0.2) is 0 Å². The van der Waals surface area contributed by atoms with Gasteiger partial charge in [0.05, 0.1) is 19.1 Å². The van der Waals surface area contributed by atoms with E-state index >= 15 is 0 Å². The molecule has 1 heterocycles. The highest BCUT2D eigenvalue weighted by molar-refractivity contribution is 5.85. The predicted octanol–water partition coefficient (Wildman–Crippen LogP) is -0.819. The molecule has 1 aliphatic rings. The monoisotopic (exact) mass is 263 g/mol. The van der Waals surface area contributed by atoms with Crippen LogP contribution in [0.2, 0.25) is 0 Å². The molecule has 19 heavy (non-hydrogen) atoms. The van der Waals surface area contributed by atoms with Gasteiger partial charge < -0.3 is 21.1 Å². The molecule has 0 saturated heterocycles. The van der Waals surface area contributed by atoms with Gasteiger partial charge >= 0.3 is 0 Å². The molecule has 4 N–H and O–H groups in total. The van der Waals surface area contributed by atoms with Gasteiger partial charge in [0, 0.05) is 0 Å². The van der Waals surface area contributed by atoms with Gasteiger partial charge in [0.2, 0.25) is 11.8 Å². The number of amides is 2. The van der Waals surface area contributed by atoms with Gasteiger partial charge in [-0.3, -0.25) is 9.59 Å². The van der Waals surface area contributed by atoms with Crippen molar-refractivity contribution in [2.24, 2.45) is 5.73 Å². The molecule has 2 amide bonds. The first kappa shape index (κ1) is 13.4. The van der Waals surface area contributed by atoms with Crippen molar-refractivity contribution in [2.75, 3.05) is 19.7 Å². The Balaban J connectivity index is 1.82. The van der Waals surface area contributed by atoms with Gasteiger partial charge in [-0.15, -0.1) is 0 Å². The number of hydrogen-bond acceptors (Lipinski definition) is 4. The number of carbonyl (C=O) groups is 2. The molecule has 1 aromatic rings. The van der Waals surface area contributed by atoms with Crippen molar-refractivity contribution < 1.29 is 14.3 Å². The first-order valence-corrected chi connectivity index (χ1v) is 6.16. The third-order valence-electron chi connectivity index (χ3n) is 2.88. The molecule has 0 fully saturated rings. The van der Waals surface area contributed by atoms with Crippen LogP contribution < -0.4 is 21.1 Å². The highest BCUT2D eigenvalue weighted by Crippen LogP contribution is 2.23. The van der Waals surface area contributed by atoms with Crippen LogP contribution in [0.3, 0.4) is 0 Å². The maximum absolute atomic E-state index is 11.6. The summed E-state index contributed by atoms with van der Waals surface area (Å²) >= 11 is 0. The highest BCUT2D eigenvalue weighted by Gasteiger charge is 2.20. The number of carbonyl (C=O) groups excluding carboxylic acids is 2. The topological polar surface area (TPSA) is 93.5 Å². The van der Waals surface area contributed by atoms with Crippen molar-refractivity contribution in [1.29, 1.82) is 0 Å². The van der Waals surface area contributed by atoms with Crippen molar-refractivity contribution in [3.63, 3.8) is 0 Å². The quantitative estimate of drug-likeness (QED) is 0.661. The van der Waals surface area contributed by atoms with E-state index in [0.717, 1.165) is 17.7 Å². The zero-order chi connectivity index (χ0) is 13.7. The van der Waals surface area contributed by atoms with E-state index in [-0.39, 0.29) is 30.9 Å². The summed E-state index contributed by atoms with van der Waals surface area (Å²) in [5.74, 6) is 0.277. The second kappa shape index (κ2) is 6.19. The molecule has 1 aliphatic heterocycles. The molecule has 1 unspecified atom stereocenters. The highest BCUT2D eigenvalue weighted by atomic mass is 16.5. The van der Waals surface area contributed by atoms with Gasteiger partial charge in [-0.05, 0) is 18.1 Å². The number of nitrogens with one attached hydrogen (secondary N) is 2. The zero-order valence-electron chi connectivity index (χ0n) is 10.5. The Morgan fingerprint density at radius 3 is 2.89 bits per heavy atom. The molecule has 6 heteroatoms. The minimum absolute atomic E-state index is 0.0613. The second-order valence-electron chi connectivity index (χ2n) is 4.37. The SMILES string of the molecule is NCC(=O)NCC(=O)NC1COc2ccccc2C1. The number of para-hydroxylation sites is 1. The molecular formula is C13H17N3O3. The van der Waals surface area contributed by atoms with Crippen LogP contribution in [0, 0.1) is 0 Å². The average molecular weight is 263 g/mol. The number of hydrogen-bond donors (Lipinski definition) is 3. The van der Waals surface area contributed by atoms with Crippen LogP contribution in [0.5, 0.6) is 5.75 Å². The zero-order valence-corrected chi connectivity index (χ0v) is 10.5. The smallest absolute Gasteiger partial charge is 0.239 e. The van der Waals surface area contributed by atoms with E-state index in [1.54, 1.807) is 0 Å². The Morgan fingerprint density at radius 2 is 2.11 bits per heavy atom. The summed E-state index contributed by atoms with van der Waals surface area (Å²) in [4.78, 5) is 22.6. The summed E-state index contributed by atoms with van der Waals surface area (Å²) in [6.45, 7) is 0.259. The molecule has 0 bridgehead atoms. The van der Waals surface area contributed by atoms with Gasteiger partial charge in [0.25, 0.3) is 0 Å². The average Bonchev–Trinajstić information content (AvgIpc) is 2.44. The summed E-state index contributed by atoms with van der Waals surface area (Å²) < 4.78 is 5.56. The van der Waals surface area contributed by atoms with Gasteiger partial charge in [-0.1, -0.05) is 18.2 Å². The van der Waals surface area contributed by atoms with E-state index in [0.29, 0.717) is 6.61 Å². The van der Waals surface area contributed by atoms with Crippen molar-refractivity contribution in [3.8, 4) is 5.75 Å². The van der Waals surface area contributed by atoms with Crippen LogP contribution in [0.1, 0.15) is 5.56 Å². The first-order valence-electron chi connectivity index (χ1n) is 6.16. The van der Waals surface area contributed by atoms with E-state index in [4.69, 9.17) is 10.5 Å². The lowest BCUT2D eigenvalue weighted by molar-refractivity contribution is -0.125. The Bertz CT molecular complexity index is 476. The minimum Gasteiger partial charge on any atom is -0.491 e. The largest absolute Gasteiger partial charge is 0.491 e. The molecule has 2 rings (SSSR count). The van der Waals surface area contributed by atoms with Crippen LogP contribution in [0.4, 0.5) is 0 Å². The van der Waals surface area contributed by atoms with Gasteiger partial charge in [-0.2, -0.15) is 0 Å². The van der Waals surface area contributed by atoms with Gasteiger partial charge in [-0.25, -0.2) is 0 Å². The Kier molecular flexibility index (Phi) is 4.35. The maximum atomic E-state index is 11.6. The van der Waals surface area contributed by atoms with E-state index in [9.17, 15) is 9.59 Å². The molecule has 1 atom stereocenters. The molecule has 0 saturated carbocycles. The summed E-state index contributed by atoms with van der Waals surface area (Å²) in [6, 6.07) is 7.67. The van der Waals surface area contributed by atoms with E-state index < -0.39 is 0 Å². The number of nitrogens with two attached hydrogens (primary N) is 1. The Hall–Kier alpha value is -2.08. The molecule has 6 nitrogen and oxygen atoms in total. The van der Waals surface area contributed by atoms with Crippen LogP contribution in [-0.4, -0.2) is 37.6 Å². The molecule has 102 valence electrons. The lowest BCUT2D eigenvalue weighted by Crippen LogP contribution is -2.47. The van der Waals surface area contributed by atoms with Crippen LogP contribution in [-0.2, 0) is 16.0 Å². The Morgan fingerprint density at radius 1 is 1.32 bits per heavy atom. The van der Waals surface area contributed by atoms with Gasteiger partial charge in [0.1, 0.15) is 12.4 Å². The van der Waals surface area contributed by atoms with Crippen molar-refractivity contribution >= 4 is 11.8 Å². The van der Waals surface area contributed by atoms with Crippen LogP contribution in [0.15, 0.2) is 24.3 Å². The van der Waals surface area contributed by atoms with Crippen molar-refractivity contribution in [1.82, 2.24) is 10.6 Å². The number of ether oxygens (including phenoxy) is 1. The first-order chi connectivity index (χ1) is 9.19. The lowest BCUT2D eigenvalue weighted by Gasteiger charge is -2.26.